The lowest BCUT2D eigenvalue weighted by atomic mass is 10.1. The molecule has 1 unspecified atom stereocenters. The van der Waals surface area contributed by atoms with Gasteiger partial charge in [-0.1, -0.05) is 12.1 Å². The van der Waals surface area contributed by atoms with Crippen molar-refractivity contribution in [3.63, 3.8) is 0 Å². The Kier molecular flexibility index (Phi) is 3.81. The highest BCUT2D eigenvalue weighted by Gasteiger charge is 2.20. The van der Waals surface area contributed by atoms with Crippen LogP contribution in [-0.4, -0.2) is 12.6 Å². The summed E-state index contributed by atoms with van der Waals surface area (Å²) in [5.74, 6) is -0.924. The Bertz CT molecular complexity index is 398. The van der Waals surface area contributed by atoms with Crippen molar-refractivity contribution >= 4 is 5.97 Å². The molecule has 0 amide bonds. The predicted octanol–water partition coefficient (Wildman–Crippen LogP) is 2.13. The van der Waals surface area contributed by atoms with E-state index in [4.69, 9.17) is 5.26 Å². The van der Waals surface area contributed by atoms with Crippen LogP contribution in [0.5, 0.6) is 0 Å². The topological polar surface area (TPSA) is 50.1 Å². The molecule has 0 aliphatic carbocycles. The van der Waals surface area contributed by atoms with E-state index >= 15 is 0 Å². The minimum atomic E-state index is -1.82. The van der Waals surface area contributed by atoms with E-state index in [1.807, 2.05) is 6.07 Å². The zero-order valence-corrected chi connectivity index (χ0v) is 8.24. The summed E-state index contributed by atoms with van der Waals surface area (Å²) in [6.07, 6.45) is -1.82. The number of hydrogen-bond acceptors (Lipinski definition) is 3. The standard InChI is InChI=1S/C11H10FNO2/c1-2-15-11(14)10(12)9-5-3-4-8(6-9)7-13/h3-6,10H,2H2,1H3. The number of rotatable bonds is 3. The summed E-state index contributed by atoms with van der Waals surface area (Å²) in [5, 5.41) is 8.60. The van der Waals surface area contributed by atoms with Crippen LogP contribution >= 0.6 is 0 Å². The Morgan fingerprint density at radius 2 is 2.40 bits per heavy atom. The van der Waals surface area contributed by atoms with Crippen LogP contribution in [0.4, 0.5) is 4.39 Å². The summed E-state index contributed by atoms with van der Waals surface area (Å²) in [4.78, 5) is 11.1. The Morgan fingerprint density at radius 3 is 3.00 bits per heavy atom. The van der Waals surface area contributed by atoms with Gasteiger partial charge >= 0.3 is 5.97 Å². The number of benzene rings is 1. The first kappa shape index (κ1) is 11.2. The highest BCUT2D eigenvalue weighted by molar-refractivity contribution is 5.76. The van der Waals surface area contributed by atoms with Gasteiger partial charge in [0.2, 0.25) is 6.17 Å². The first-order valence-corrected chi connectivity index (χ1v) is 4.49. The Labute approximate surface area is 87.1 Å². The fourth-order valence-corrected chi connectivity index (χ4v) is 1.12. The Hall–Kier alpha value is -1.89. The van der Waals surface area contributed by atoms with Gasteiger partial charge < -0.3 is 4.74 Å². The maximum atomic E-state index is 13.4. The number of hydrogen-bond donors (Lipinski definition) is 0. The Morgan fingerprint density at radius 1 is 1.67 bits per heavy atom. The summed E-state index contributed by atoms with van der Waals surface area (Å²) in [6.45, 7) is 1.74. The van der Waals surface area contributed by atoms with E-state index in [1.54, 1.807) is 13.0 Å². The van der Waals surface area contributed by atoms with Crippen molar-refractivity contribution in [2.75, 3.05) is 6.61 Å². The number of nitrogens with zero attached hydrogens (tertiary/aromatic N) is 1. The molecular formula is C11H10FNO2. The van der Waals surface area contributed by atoms with E-state index in [0.717, 1.165) is 0 Å². The van der Waals surface area contributed by atoms with Crippen molar-refractivity contribution in [1.29, 1.82) is 5.26 Å². The van der Waals surface area contributed by atoms with Crippen molar-refractivity contribution in [3.05, 3.63) is 35.4 Å². The van der Waals surface area contributed by atoms with Crippen LogP contribution in [0.3, 0.4) is 0 Å². The van der Waals surface area contributed by atoms with Crippen molar-refractivity contribution in [2.45, 2.75) is 13.1 Å². The molecule has 1 atom stereocenters. The third kappa shape index (κ3) is 2.78. The van der Waals surface area contributed by atoms with Crippen molar-refractivity contribution in [1.82, 2.24) is 0 Å². The second-order valence-corrected chi connectivity index (χ2v) is 2.85. The number of nitriles is 1. The number of carbonyl (C=O) groups excluding carboxylic acids is 1. The van der Waals surface area contributed by atoms with E-state index in [2.05, 4.69) is 4.74 Å². The second-order valence-electron chi connectivity index (χ2n) is 2.85. The van der Waals surface area contributed by atoms with E-state index < -0.39 is 12.1 Å². The molecule has 1 rings (SSSR count). The van der Waals surface area contributed by atoms with Crippen LogP contribution < -0.4 is 0 Å². The third-order valence-electron chi connectivity index (χ3n) is 1.80. The molecule has 0 bridgehead atoms. The summed E-state index contributed by atoms with van der Waals surface area (Å²) < 4.78 is 18.0. The van der Waals surface area contributed by atoms with E-state index in [9.17, 15) is 9.18 Å². The fourth-order valence-electron chi connectivity index (χ4n) is 1.12. The van der Waals surface area contributed by atoms with Gasteiger partial charge in [-0.15, -0.1) is 0 Å². The molecule has 0 radical (unpaired) electrons. The van der Waals surface area contributed by atoms with Crippen LogP contribution in [0.2, 0.25) is 0 Å². The van der Waals surface area contributed by atoms with Gasteiger partial charge in [0, 0.05) is 0 Å². The van der Waals surface area contributed by atoms with Crippen LogP contribution in [0.1, 0.15) is 24.2 Å². The quantitative estimate of drug-likeness (QED) is 0.713. The lowest BCUT2D eigenvalue weighted by Gasteiger charge is -2.07. The predicted molar refractivity (Wildman–Crippen MR) is 51.6 cm³/mol. The zero-order valence-electron chi connectivity index (χ0n) is 8.24. The van der Waals surface area contributed by atoms with Crippen LogP contribution in [0.15, 0.2) is 24.3 Å². The molecule has 4 heteroatoms. The minimum Gasteiger partial charge on any atom is -0.464 e. The normalized spacial score (nSPS) is 11.5. The molecular weight excluding hydrogens is 197 g/mol. The summed E-state index contributed by atoms with van der Waals surface area (Å²) in [6, 6.07) is 7.73. The van der Waals surface area contributed by atoms with Gasteiger partial charge in [-0.25, -0.2) is 9.18 Å². The molecule has 0 aliphatic rings. The largest absolute Gasteiger partial charge is 0.464 e. The number of esters is 1. The zero-order chi connectivity index (χ0) is 11.3. The number of halogens is 1. The molecule has 0 aromatic heterocycles. The monoisotopic (exact) mass is 207 g/mol. The smallest absolute Gasteiger partial charge is 0.345 e. The average molecular weight is 207 g/mol. The molecule has 1 aromatic rings. The minimum absolute atomic E-state index is 0.136. The molecule has 0 spiro atoms. The summed E-state index contributed by atoms with van der Waals surface area (Å²) >= 11 is 0. The second kappa shape index (κ2) is 5.11. The molecule has 0 fully saturated rings. The summed E-state index contributed by atoms with van der Waals surface area (Å²) in [5.41, 5.74) is 0.465. The molecule has 78 valence electrons. The third-order valence-corrected chi connectivity index (χ3v) is 1.80. The molecule has 0 saturated carbocycles. The fraction of sp³-hybridized carbons (Fsp3) is 0.273. The van der Waals surface area contributed by atoms with E-state index in [-0.39, 0.29) is 12.2 Å². The van der Waals surface area contributed by atoms with Gasteiger partial charge in [-0.3, -0.25) is 0 Å². The molecule has 0 saturated heterocycles. The van der Waals surface area contributed by atoms with Crippen LogP contribution in [0.25, 0.3) is 0 Å². The highest BCUT2D eigenvalue weighted by atomic mass is 19.1. The summed E-state index contributed by atoms with van der Waals surface area (Å²) in [7, 11) is 0. The van der Waals surface area contributed by atoms with Gasteiger partial charge in [-0.2, -0.15) is 5.26 Å². The van der Waals surface area contributed by atoms with Crippen LogP contribution in [-0.2, 0) is 9.53 Å². The lowest BCUT2D eigenvalue weighted by Crippen LogP contribution is -2.11. The van der Waals surface area contributed by atoms with Gasteiger partial charge in [0.1, 0.15) is 0 Å². The first-order chi connectivity index (χ1) is 7.19. The van der Waals surface area contributed by atoms with E-state index in [0.29, 0.717) is 5.56 Å². The highest BCUT2D eigenvalue weighted by Crippen LogP contribution is 2.19. The molecule has 0 N–H and O–H groups in total. The first-order valence-electron chi connectivity index (χ1n) is 4.49. The van der Waals surface area contributed by atoms with Gasteiger partial charge in [0.05, 0.1) is 18.2 Å². The van der Waals surface area contributed by atoms with Crippen LogP contribution in [0, 0.1) is 11.3 Å². The number of ether oxygens (including phenoxy) is 1. The average Bonchev–Trinajstić information content (AvgIpc) is 2.28. The SMILES string of the molecule is CCOC(=O)C(F)c1cccc(C#N)c1. The molecule has 15 heavy (non-hydrogen) atoms. The molecule has 1 aromatic carbocycles. The number of alkyl halides is 1. The molecule has 3 nitrogen and oxygen atoms in total. The van der Waals surface area contributed by atoms with Gasteiger partial charge in [0.15, 0.2) is 0 Å². The lowest BCUT2D eigenvalue weighted by molar-refractivity contribution is -0.149. The molecule has 0 aliphatic heterocycles. The van der Waals surface area contributed by atoms with Crippen molar-refractivity contribution in [3.8, 4) is 6.07 Å². The van der Waals surface area contributed by atoms with E-state index in [1.165, 1.54) is 18.2 Å². The van der Waals surface area contributed by atoms with Gasteiger partial charge in [-0.05, 0) is 24.6 Å². The Balaban J connectivity index is 2.87. The van der Waals surface area contributed by atoms with Crippen molar-refractivity contribution < 1.29 is 13.9 Å². The van der Waals surface area contributed by atoms with Gasteiger partial charge in [0.25, 0.3) is 0 Å². The maximum Gasteiger partial charge on any atom is 0.345 e. The maximum absolute atomic E-state index is 13.4. The number of carbonyl (C=O) groups is 1. The van der Waals surface area contributed by atoms with Crippen molar-refractivity contribution in [2.24, 2.45) is 0 Å². The molecule has 0 heterocycles.